The quantitative estimate of drug-likeness (QED) is 0.783. The Hall–Kier alpha value is -1.72. The number of hydrogen-bond donors (Lipinski definition) is 1. The van der Waals surface area contributed by atoms with Gasteiger partial charge in [-0.05, 0) is 37.6 Å². The van der Waals surface area contributed by atoms with Gasteiger partial charge in [-0.3, -0.25) is 4.40 Å². The Morgan fingerprint density at radius 3 is 2.95 bits per heavy atom. The number of hydrogen-bond acceptors (Lipinski definition) is 4. The highest BCUT2D eigenvalue weighted by molar-refractivity contribution is 7.12. The minimum atomic E-state index is 0.330. The Balaban J connectivity index is 1.69. The highest BCUT2D eigenvalue weighted by Crippen LogP contribution is 2.23. The van der Waals surface area contributed by atoms with Crippen molar-refractivity contribution in [3.63, 3.8) is 0 Å². The Morgan fingerprint density at radius 2 is 2.15 bits per heavy atom. The third-order valence-electron chi connectivity index (χ3n) is 3.41. The average molecular weight is 286 g/mol. The van der Waals surface area contributed by atoms with Gasteiger partial charge in [-0.1, -0.05) is 13.0 Å². The van der Waals surface area contributed by atoms with Gasteiger partial charge in [0.1, 0.15) is 0 Å². The number of thiophene rings is 1. The second kappa shape index (κ2) is 5.73. The Kier molecular flexibility index (Phi) is 3.80. The molecule has 1 unspecified atom stereocenters. The molecule has 20 heavy (non-hydrogen) atoms. The van der Waals surface area contributed by atoms with Crippen LogP contribution in [0.4, 0.5) is 0 Å². The molecular weight excluding hydrogens is 268 g/mol. The highest BCUT2D eigenvalue weighted by Gasteiger charge is 2.10. The molecule has 104 valence electrons. The van der Waals surface area contributed by atoms with Gasteiger partial charge in [0, 0.05) is 22.0 Å². The summed E-state index contributed by atoms with van der Waals surface area (Å²) in [5, 5.41) is 11.9. The number of nitrogens with one attached hydrogen (secondary N) is 1. The molecule has 3 aromatic rings. The molecule has 1 atom stereocenters. The molecule has 0 saturated heterocycles. The van der Waals surface area contributed by atoms with Crippen LogP contribution in [0.2, 0.25) is 0 Å². The van der Waals surface area contributed by atoms with Crippen LogP contribution in [0.3, 0.4) is 0 Å². The van der Waals surface area contributed by atoms with E-state index in [0.717, 1.165) is 17.9 Å². The summed E-state index contributed by atoms with van der Waals surface area (Å²) in [5.74, 6) is 0.944. The Bertz CT molecular complexity index is 701. The lowest BCUT2D eigenvalue weighted by atomic mass is 10.2. The van der Waals surface area contributed by atoms with E-state index in [9.17, 15) is 0 Å². The first-order chi connectivity index (χ1) is 9.78. The van der Waals surface area contributed by atoms with Crippen LogP contribution in [0.1, 0.15) is 35.5 Å². The first-order valence-corrected chi connectivity index (χ1v) is 7.70. The van der Waals surface area contributed by atoms with E-state index in [-0.39, 0.29) is 0 Å². The largest absolute Gasteiger partial charge is 0.302 e. The average Bonchev–Trinajstić information content (AvgIpc) is 3.11. The van der Waals surface area contributed by atoms with Crippen molar-refractivity contribution in [2.45, 2.75) is 32.9 Å². The topological polar surface area (TPSA) is 42.2 Å². The number of aryl methyl sites for hydroxylation is 1. The van der Waals surface area contributed by atoms with Crippen molar-refractivity contribution in [3.8, 4) is 0 Å². The van der Waals surface area contributed by atoms with Gasteiger partial charge in [-0.25, -0.2) is 0 Å². The maximum atomic E-state index is 4.24. The van der Waals surface area contributed by atoms with Gasteiger partial charge >= 0.3 is 0 Å². The first-order valence-electron chi connectivity index (χ1n) is 6.88. The van der Waals surface area contributed by atoms with Gasteiger partial charge in [-0.2, -0.15) is 0 Å². The maximum Gasteiger partial charge on any atom is 0.160 e. The third-order valence-corrected chi connectivity index (χ3v) is 4.82. The third kappa shape index (κ3) is 2.59. The van der Waals surface area contributed by atoms with Gasteiger partial charge in [0.05, 0.1) is 6.54 Å². The van der Waals surface area contributed by atoms with Crippen molar-refractivity contribution in [2.24, 2.45) is 0 Å². The van der Waals surface area contributed by atoms with Crippen molar-refractivity contribution < 1.29 is 0 Å². The predicted octanol–water partition coefficient (Wildman–Crippen LogP) is 3.20. The zero-order valence-corrected chi connectivity index (χ0v) is 12.5. The van der Waals surface area contributed by atoms with Gasteiger partial charge < -0.3 is 5.32 Å². The van der Waals surface area contributed by atoms with E-state index in [2.05, 4.69) is 41.5 Å². The van der Waals surface area contributed by atoms with Crippen LogP contribution in [-0.2, 0) is 13.0 Å². The minimum Gasteiger partial charge on any atom is -0.302 e. The molecule has 3 rings (SSSR count). The lowest BCUT2D eigenvalue weighted by Gasteiger charge is -2.11. The minimum absolute atomic E-state index is 0.330. The van der Waals surface area contributed by atoms with Gasteiger partial charge in [0.2, 0.25) is 0 Å². The van der Waals surface area contributed by atoms with Crippen molar-refractivity contribution in [1.82, 2.24) is 19.9 Å². The van der Waals surface area contributed by atoms with E-state index in [1.54, 1.807) is 0 Å². The van der Waals surface area contributed by atoms with Crippen LogP contribution >= 0.6 is 11.3 Å². The normalized spacial score (nSPS) is 12.9. The van der Waals surface area contributed by atoms with E-state index < -0.39 is 0 Å². The van der Waals surface area contributed by atoms with Crippen molar-refractivity contribution >= 4 is 17.0 Å². The SMILES string of the molecule is CCc1ccc(C(C)NCc2nnc3ccccn23)s1. The Labute approximate surface area is 122 Å². The molecule has 1 N–H and O–H groups in total. The molecule has 0 spiro atoms. The van der Waals surface area contributed by atoms with Gasteiger partial charge in [0.15, 0.2) is 11.5 Å². The number of aromatic nitrogens is 3. The van der Waals surface area contributed by atoms with Crippen molar-refractivity contribution in [3.05, 3.63) is 52.1 Å². The zero-order chi connectivity index (χ0) is 13.9. The first kappa shape index (κ1) is 13.3. The second-order valence-electron chi connectivity index (χ2n) is 4.81. The molecule has 0 aliphatic rings. The summed E-state index contributed by atoms with van der Waals surface area (Å²) in [7, 11) is 0. The van der Waals surface area contributed by atoms with E-state index in [1.165, 1.54) is 9.75 Å². The van der Waals surface area contributed by atoms with Crippen molar-refractivity contribution in [1.29, 1.82) is 0 Å². The van der Waals surface area contributed by atoms with Crippen LogP contribution in [0, 0.1) is 0 Å². The second-order valence-corrected chi connectivity index (χ2v) is 6.01. The molecule has 0 radical (unpaired) electrons. The molecule has 0 aliphatic carbocycles. The van der Waals surface area contributed by atoms with E-state index in [0.29, 0.717) is 12.6 Å². The van der Waals surface area contributed by atoms with Crippen LogP contribution in [0.5, 0.6) is 0 Å². The molecule has 0 fully saturated rings. The molecule has 3 heterocycles. The summed E-state index contributed by atoms with van der Waals surface area (Å²) in [4.78, 5) is 2.80. The lowest BCUT2D eigenvalue weighted by molar-refractivity contribution is 0.563. The fraction of sp³-hybridized carbons (Fsp3) is 0.333. The molecule has 0 aliphatic heterocycles. The van der Waals surface area contributed by atoms with E-state index in [4.69, 9.17) is 0 Å². The number of rotatable bonds is 5. The summed E-state index contributed by atoms with van der Waals surface area (Å²) in [6.07, 6.45) is 3.10. The fourth-order valence-corrected chi connectivity index (χ4v) is 3.15. The number of fused-ring (bicyclic) bond motifs is 1. The van der Waals surface area contributed by atoms with Crippen LogP contribution in [-0.4, -0.2) is 14.6 Å². The van der Waals surface area contributed by atoms with Gasteiger partial charge in [0.25, 0.3) is 0 Å². The smallest absolute Gasteiger partial charge is 0.160 e. The molecule has 0 amide bonds. The predicted molar refractivity (Wildman–Crippen MR) is 81.9 cm³/mol. The Morgan fingerprint density at radius 1 is 1.25 bits per heavy atom. The molecule has 0 aromatic carbocycles. The number of pyridine rings is 1. The molecule has 4 nitrogen and oxygen atoms in total. The number of nitrogens with zero attached hydrogens (tertiary/aromatic N) is 3. The van der Waals surface area contributed by atoms with Gasteiger partial charge in [-0.15, -0.1) is 21.5 Å². The van der Waals surface area contributed by atoms with Crippen molar-refractivity contribution in [2.75, 3.05) is 0 Å². The highest BCUT2D eigenvalue weighted by atomic mass is 32.1. The molecule has 0 bridgehead atoms. The summed E-state index contributed by atoms with van der Waals surface area (Å²) >= 11 is 1.88. The molecular formula is C15H18N4S. The summed E-state index contributed by atoms with van der Waals surface area (Å²) < 4.78 is 2.02. The van der Waals surface area contributed by atoms with Crippen LogP contribution < -0.4 is 5.32 Å². The standard InChI is InChI=1S/C15H18N4S/c1-3-12-7-8-13(20-12)11(2)16-10-15-18-17-14-6-4-5-9-19(14)15/h4-9,11,16H,3,10H2,1-2H3. The monoisotopic (exact) mass is 286 g/mol. The zero-order valence-electron chi connectivity index (χ0n) is 11.7. The molecule has 3 aromatic heterocycles. The molecule has 0 saturated carbocycles. The maximum absolute atomic E-state index is 4.24. The van der Waals surface area contributed by atoms with E-state index in [1.807, 2.05) is 40.1 Å². The summed E-state index contributed by atoms with van der Waals surface area (Å²) in [5.41, 5.74) is 0.890. The summed E-state index contributed by atoms with van der Waals surface area (Å²) in [6.45, 7) is 5.09. The van der Waals surface area contributed by atoms with E-state index >= 15 is 0 Å². The molecule has 5 heteroatoms. The summed E-state index contributed by atoms with van der Waals surface area (Å²) in [6, 6.07) is 10.7. The lowest BCUT2D eigenvalue weighted by Crippen LogP contribution is -2.18. The van der Waals surface area contributed by atoms with Crippen LogP contribution in [0.15, 0.2) is 36.5 Å². The van der Waals surface area contributed by atoms with Crippen LogP contribution in [0.25, 0.3) is 5.65 Å². The fourth-order valence-electron chi connectivity index (χ4n) is 2.17.